The Balaban J connectivity index is 1.22. The minimum atomic E-state index is -0.662. The highest BCUT2D eigenvalue weighted by Gasteiger charge is 2.43. The summed E-state index contributed by atoms with van der Waals surface area (Å²) in [6, 6.07) is 16.8. The highest BCUT2D eigenvalue weighted by atomic mass is 16.5. The minimum Gasteiger partial charge on any atom is -0.459 e. The van der Waals surface area contributed by atoms with Gasteiger partial charge in [-0.15, -0.1) is 0 Å². The molecule has 7 heteroatoms. The van der Waals surface area contributed by atoms with Crippen molar-refractivity contribution in [1.82, 2.24) is 15.5 Å². The average Bonchev–Trinajstić information content (AvgIpc) is 2.93. The molecule has 2 aromatic rings. The zero-order valence-corrected chi connectivity index (χ0v) is 21.4. The fourth-order valence-corrected chi connectivity index (χ4v) is 6.22. The van der Waals surface area contributed by atoms with Gasteiger partial charge in [-0.25, -0.2) is 9.59 Å². The molecule has 2 heterocycles. The van der Waals surface area contributed by atoms with Crippen molar-refractivity contribution in [2.75, 3.05) is 13.1 Å². The van der Waals surface area contributed by atoms with E-state index < -0.39 is 11.6 Å². The van der Waals surface area contributed by atoms with E-state index in [0.717, 1.165) is 29.5 Å². The van der Waals surface area contributed by atoms with Gasteiger partial charge in [0.15, 0.2) is 0 Å². The first-order chi connectivity index (χ1) is 18.0. The number of ether oxygens (including phenoxy) is 1. The lowest BCUT2D eigenvalue weighted by atomic mass is 9.75. The molecule has 0 bridgehead atoms. The van der Waals surface area contributed by atoms with Crippen molar-refractivity contribution < 1.29 is 19.1 Å². The molecule has 0 radical (unpaired) electrons. The Kier molecular flexibility index (Phi) is 7.77. The normalized spacial score (nSPS) is 20.0. The highest BCUT2D eigenvalue weighted by molar-refractivity contribution is 5.84. The molecule has 3 amide bonds. The second-order valence-electron chi connectivity index (χ2n) is 10.8. The summed E-state index contributed by atoms with van der Waals surface area (Å²) in [6.45, 7) is 1.22. The maximum Gasteiger partial charge on any atom is 0.329 e. The van der Waals surface area contributed by atoms with Crippen molar-refractivity contribution in [2.45, 2.75) is 76.0 Å². The largest absolute Gasteiger partial charge is 0.459 e. The number of hydrogen-bond donors (Lipinski definition) is 2. The van der Waals surface area contributed by atoms with Crippen molar-refractivity contribution >= 4 is 17.9 Å². The van der Waals surface area contributed by atoms with Gasteiger partial charge in [-0.2, -0.15) is 0 Å². The molecule has 1 unspecified atom stereocenters. The molecule has 37 heavy (non-hydrogen) atoms. The van der Waals surface area contributed by atoms with Crippen LogP contribution in [0.2, 0.25) is 0 Å². The predicted molar refractivity (Wildman–Crippen MR) is 141 cm³/mol. The van der Waals surface area contributed by atoms with Gasteiger partial charge in [0, 0.05) is 13.1 Å². The molecule has 5 rings (SSSR count). The molecule has 2 fully saturated rings. The Bertz CT molecular complexity index is 1100. The molecule has 1 aliphatic carbocycles. The van der Waals surface area contributed by atoms with Crippen LogP contribution in [0.5, 0.6) is 0 Å². The van der Waals surface area contributed by atoms with Gasteiger partial charge in [-0.1, -0.05) is 86.7 Å². The zero-order chi connectivity index (χ0) is 25.7. The number of carbonyl (C=O) groups is 3. The van der Waals surface area contributed by atoms with Gasteiger partial charge in [0.1, 0.15) is 12.6 Å². The molecule has 0 aromatic heterocycles. The number of nitrogens with zero attached hydrogens (tertiary/aromatic N) is 1. The van der Waals surface area contributed by atoms with E-state index in [1.54, 1.807) is 4.90 Å². The number of amides is 3. The number of piperidine rings is 1. The van der Waals surface area contributed by atoms with Gasteiger partial charge in [-0.05, 0) is 41.9 Å². The van der Waals surface area contributed by atoms with Crippen LogP contribution in [0.4, 0.5) is 4.79 Å². The first-order valence-corrected chi connectivity index (χ1v) is 13.7. The van der Waals surface area contributed by atoms with Crippen molar-refractivity contribution in [3.63, 3.8) is 0 Å². The second kappa shape index (κ2) is 11.4. The maximum absolute atomic E-state index is 13.3. The fraction of sp³-hybridized carbons (Fsp3) is 0.500. The van der Waals surface area contributed by atoms with E-state index in [9.17, 15) is 14.4 Å². The standard InChI is InChI=1S/C30H37N3O4/c34-27-20-24-13-7-8-14-25(24)30(32-27)15-17-33(18-16-30)29(36)31-26(19-22-9-3-1-4-10-22)28(35)37-21-23-11-5-2-6-12-23/h2,5-8,11-14,22,26H,1,3-4,9-10,15-21H2,(H,31,36)(H,32,34). The molecule has 2 aromatic carbocycles. The van der Waals surface area contributed by atoms with Crippen LogP contribution in [0.25, 0.3) is 0 Å². The fourth-order valence-electron chi connectivity index (χ4n) is 6.22. The Hall–Kier alpha value is -3.35. The van der Waals surface area contributed by atoms with E-state index in [2.05, 4.69) is 16.7 Å². The number of likely N-dealkylation sites (tertiary alicyclic amines) is 1. The Labute approximate surface area is 218 Å². The second-order valence-corrected chi connectivity index (χ2v) is 10.8. The van der Waals surface area contributed by atoms with Gasteiger partial charge in [0.25, 0.3) is 0 Å². The third-order valence-corrected chi connectivity index (χ3v) is 8.27. The van der Waals surface area contributed by atoms with E-state index >= 15 is 0 Å². The van der Waals surface area contributed by atoms with Crippen LogP contribution in [0.1, 0.15) is 68.1 Å². The van der Waals surface area contributed by atoms with E-state index in [0.29, 0.717) is 44.7 Å². The van der Waals surface area contributed by atoms with E-state index in [1.807, 2.05) is 48.5 Å². The van der Waals surface area contributed by atoms with Crippen LogP contribution in [0.15, 0.2) is 54.6 Å². The quantitative estimate of drug-likeness (QED) is 0.571. The summed E-state index contributed by atoms with van der Waals surface area (Å²) in [5.41, 5.74) is 2.72. The first-order valence-electron chi connectivity index (χ1n) is 13.7. The van der Waals surface area contributed by atoms with Crippen LogP contribution in [0, 0.1) is 5.92 Å². The van der Waals surface area contributed by atoms with Gasteiger partial charge in [-0.3, -0.25) is 4.79 Å². The Morgan fingerprint density at radius 1 is 1.00 bits per heavy atom. The molecule has 1 saturated heterocycles. The lowest BCUT2D eigenvalue weighted by Gasteiger charge is -2.45. The van der Waals surface area contributed by atoms with Crippen molar-refractivity contribution in [1.29, 1.82) is 0 Å². The molecule has 3 aliphatic rings. The van der Waals surface area contributed by atoms with Crippen LogP contribution >= 0.6 is 0 Å². The number of fused-ring (bicyclic) bond motifs is 2. The number of rotatable bonds is 6. The predicted octanol–water partition coefficient (Wildman–Crippen LogP) is 4.44. The lowest BCUT2D eigenvalue weighted by molar-refractivity contribution is -0.148. The van der Waals surface area contributed by atoms with Gasteiger partial charge in [0.05, 0.1) is 12.0 Å². The third kappa shape index (κ3) is 5.97. The van der Waals surface area contributed by atoms with Crippen molar-refractivity contribution in [2.24, 2.45) is 5.92 Å². The summed E-state index contributed by atoms with van der Waals surface area (Å²) < 4.78 is 5.64. The molecule has 1 saturated carbocycles. The summed E-state index contributed by atoms with van der Waals surface area (Å²) in [4.78, 5) is 40.7. The molecule has 7 nitrogen and oxygen atoms in total. The molecular weight excluding hydrogens is 466 g/mol. The number of benzene rings is 2. The summed E-state index contributed by atoms with van der Waals surface area (Å²) in [7, 11) is 0. The number of carbonyl (C=O) groups excluding carboxylic acids is 3. The maximum atomic E-state index is 13.3. The molecule has 1 atom stereocenters. The summed E-state index contributed by atoms with van der Waals surface area (Å²) in [6.07, 6.45) is 8.06. The first kappa shape index (κ1) is 25.3. The van der Waals surface area contributed by atoms with E-state index in [-0.39, 0.29) is 24.5 Å². The van der Waals surface area contributed by atoms with Crippen LogP contribution in [0.3, 0.4) is 0 Å². The lowest BCUT2D eigenvalue weighted by Crippen LogP contribution is -2.58. The summed E-state index contributed by atoms with van der Waals surface area (Å²) in [5.74, 6) is 0.0805. The van der Waals surface area contributed by atoms with E-state index in [4.69, 9.17) is 4.74 Å². The SMILES string of the molecule is O=C1Cc2ccccc2C2(CCN(C(=O)NC(CC3CCCCC3)C(=O)OCc3ccccc3)CC2)N1. The van der Waals surface area contributed by atoms with E-state index in [1.165, 1.54) is 19.3 Å². The summed E-state index contributed by atoms with van der Waals surface area (Å²) >= 11 is 0. The zero-order valence-electron chi connectivity index (χ0n) is 21.4. The molecule has 1 spiro atoms. The number of urea groups is 1. The minimum absolute atomic E-state index is 0.0327. The van der Waals surface area contributed by atoms with Gasteiger partial charge >= 0.3 is 12.0 Å². The molecule has 2 aliphatic heterocycles. The van der Waals surface area contributed by atoms with Gasteiger partial charge < -0.3 is 20.3 Å². The van der Waals surface area contributed by atoms with Gasteiger partial charge in [0.2, 0.25) is 5.91 Å². The Morgan fingerprint density at radius 2 is 1.70 bits per heavy atom. The van der Waals surface area contributed by atoms with Crippen LogP contribution < -0.4 is 10.6 Å². The van der Waals surface area contributed by atoms with Crippen LogP contribution in [-0.2, 0) is 32.9 Å². The third-order valence-electron chi connectivity index (χ3n) is 8.27. The average molecular weight is 504 g/mol. The highest BCUT2D eigenvalue weighted by Crippen LogP contribution is 2.38. The topological polar surface area (TPSA) is 87.7 Å². The monoisotopic (exact) mass is 503 g/mol. The smallest absolute Gasteiger partial charge is 0.329 e. The van der Waals surface area contributed by atoms with Crippen molar-refractivity contribution in [3.8, 4) is 0 Å². The molecule has 196 valence electrons. The summed E-state index contributed by atoms with van der Waals surface area (Å²) in [5, 5.41) is 6.24. The number of esters is 1. The number of hydrogen-bond acceptors (Lipinski definition) is 4. The number of nitrogens with one attached hydrogen (secondary N) is 2. The molecular formula is C30H37N3O4. The Morgan fingerprint density at radius 3 is 2.46 bits per heavy atom. The van der Waals surface area contributed by atoms with Crippen molar-refractivity contribution in [3.05, 3.63) is 71.3 Å². The van der Waals surface area contributed by atoms with Crippen LogP contribution in [-0.4, -0.2) is 41.9 Å². The molecule has 2 N–H and O–H groups in total.